The lowest BCUT2D eigenvalue weighted by Gasteiger charge is -2.11. The number of hydrogen-bond acceptors (Lipinski definition) is 0. The van der Waals surface area contributed by atoms with E-state index < -0.39 is 126 Å². The fraction of sp³-hybridized carbons (Fsp3) is 0. The molecule has 0 radical (unpaired) electrons. The molecule has 9 rings (SSSR count). The van der Waals surface area contributed by atoms with E-state index in [0.29, 0.717) is 5.56 Å². The molecule has 44 heavy (non-hydrogen) atoms. The van der Waals surface area contributed by atoms with Crippen LogP contribution in [-0.2, 0) is 0 Å². The predicted octanol–water partition coefficient (Wildman–Crippen LogP) is 11.2. The van der Waals surface area contributed by atoms with Crippen LogP contribution in [0.3, 0.4) is 0 Å². The van der Waals surface area contributed by atoms with Crippen molar-refractivity contribution in [1.29, 1.82) is 0 Å². The first kappa shape index (κ1) is 12.8. The van der Waals surface area contributed by atoms with E-state index in [4.69, 9.17) is 15.1 Å². The Morgan fingerprint density at radius 3 is 1.70 bits per heavy atom. The number of aromatic nitrogens is 2. The predicted molar refractivity (Wildman–Crippen MR) is 186 cm³/mol. The zero-order valence-electron chi connectivity index (χ0n) is 40.7. The van der Waals surface area contributed by atoms with Crippen LogP contribution in [0.4, 0.5) is 0 Å². The van der Waals surface area contributed by atoms with Gasteiger partial charge in [-0.15, -0.1) is 0 Å². The SMILES string of the molecule is [2H]c1c([2H])c([2H])c(-c2c([2H])c([2H])c([2H])c3c2c2c([2H])c(-n4c5c([2H])c([2H])c([2H])c([2H])c5c5c(-c6ccccc6)c([2H])c([2H])c([2H])c54)c([2H])c([2H])c2n3-c2ccccc2)c([2H])c1[2H]. The molecule has 0 N–H and O–H groups in total. The van der Waals surface area contributed by atoms with E-state index in [2.05, 4.69) is 0 Å². The Hall–Kier alpha value is -5.86. The summed E-state index contributed by atoms with van der Waals surface area (Å²) in [5.41, 5.74) is -1.82. The van der Waals surface area contributed by atoms with Gasteiger partial charge in [-0.3, -0.25) is 0 Å². The third-order valence-corrected chi connectivity index (χ3v) is 7.60. The second kappa shape index (κ2) is 9.86. The fourth-order valence-corrected chi connectivity index (χ4v) is 5.79. The van der Waals surface area contributed by atoms with Crippen molar-refractivity contribution >= 4 is 43.6 Å². The van der Waals surface area contributed by atoms with Crippen LogP contribution in [-0.4, -0.2) is 9.13 Å². The van der Waals surface area contributed by atoms with Gasteiger partial charge in [0.05, 0.1) is 46.7 Å². The molecular formula is C42H28N2. The van der Waals surface area contributed by atoms with E-state index in [1.54, 1.807) is 60.7 Å². The van der Waals surface area contributed by atoms with E-state index in [0.717, 1.165) is 4.57 Å². The summed E-state index contributed by atoms with van der Waals surface area (Å²) < 4.78 is 166. The number of para-hydroxylation sites is 2. The molecule has 0 aliphatic carbocycles. The van der Waals surface area contributed by atoms with Crippen LogP contribution in [0, 0.1) is 0 Å². The van der Waals surface area contributed by atoms with Gasteiger partial charge in [-0.05, 0) is 70.6 Å². The molecule has 9 aromatic rings. The molecule has 0 aliphatic rings. The van der Waals surface area contributed by atoms with Gasteiger partial charge in [-0.1, -0.05) is 121 Å². The molecule has 0 spiro atoms. The lowest BCUT2D eigenvalue weighted by molar-refractivity contribution is 1.17. The van der Waals surface area contributed by atoms with Crippen molar-refractivity contribution in [2.24, 2.45) is 0 Å². The molecule has 7 aromatic carbocycles. The highest BCUT2D eigenvalue weighted by molar-refractivity contribution is 6.18. The van der Waals surface area contributed by atoms with Gasteiger partial charge in [0.15, 0.2) is 0 Å². The van der Waals surface area contributed by atoms with E-state index in [-0.39, 0.29) is 54.9 Å². The van der Waals surface area contributed by atoms with Crippen LogP contribution in [0.5, 0.6) is 0 Å². The summed E-state index contributed by atoms with van der Waals surface area (Å²) in [6.45, 7) is 0. The van der Waals surface area contributed by atoms with E-state index >= 15 is 0 Å². The standard InChI is InChI=1S/C42H28N2/c1-4-14-29(15-5-1)33-21-12-24-39-41(33)35-20-10-11-23-37(35)44(39)32-26-27-38-36(28-32)42-34(30-16-6-2-7-17-30)22-13-25-40(42)43(38)31-18-8-3-9-19-31/h1-28H/i2D,6D,7D,10D,11D,12D,13D,16D,17D,20D,21D,22D,23D,24D,25D,26D,27D,28D. The summed E-state index contributed by atoms with van der Waals surface area (Å²) in [6, 6.07) is 4.40. The molecule has 2 heteroatoms. The third-order valence-electron chi connectivity index (χ3n) is 7.60. The number of nitrogens with zero attached hydrogens (tertiary/aromatic N) is 2. The number of fused-ring (bicyclic) bond motifs is 6. The lowest BCUT2D eigenvalue weighted by atomic mass is 9.99. The molecule has 0 saturated heterocycles. The van der Waals surface area contributed by atoms with E-state index in [1.165, 1.54) is 4.57 Å². The fourth-order valence-electron chi connectivity index (χ4n) is 5.79. The molecule has 0 atom stereocenters. The van der Waals surface area contributed by atoms with Gasteiger partial charge >= 0.3 is 0 Å². The number of benzene rings is 7. The zero-order valence-corrected chi connectivity index (χ0v) is 22.7. The zero-order chi connectivity index (χ0) is 44.7. The molecule has 0 amide bonds. The molecule has 2 aromatic heterocycles. The van der Waals surface area contributed by atoms with Crippen molar-refractivity contribution in [3.8, 4) is 33.6 Å². The quantitative estimate of drug-likeness (QED) is 0.197. The van der Waals surface area contributed by atoms with Crippen molar-refractivity contribution in [2.75, 3.05) is 0 Å². The number of rotatable bonds is 4. The monoisotopic (exact) mass is 578 g/mol. The Balaban J connectivity index is 1.63. The van der Waals surface area contributed by atoms with Crippen LogP contribution in [0.15, 0.2) is 169 Å². The molecule has 2 heterocycles. The summed E-state index contributed by atoms with van der Waals surface area (Å²) in [4.78, 5) is 0. The minimum Gasteiger partial charge on any atom is -0.309 e. The van der Waals surface area contributed by atoms with Crippen LogP contribution in [0.2, 0.25) is 0 Å². The van der Waals surface area contributed by atoms with E-state index in [1.807, 2.05) is 0 Å². The van der Waals surface area contributed by atoms with Gasteiger partial charge in [0, 0.05) is 32.9 Å². The van der Waals surface area contributed by atoms with Crippen molar-refractivity contribution in [3.05, 3.63) is 169 Å². The minimum atomic E-state index is -0.764. The van der Waals surface area contributed by atoms with Crippen LogP contribution in [0.1, 0.15) is 24.7 Å². The first-order chi connectivity index (χ1) is 29.4. The second-order valence-corrected chi connectivity index (χ2v) is 9.99. The smallest absolute Gasteiger partial charge is 0.0652 e. The maximum atomic E-state index is 10.1. The highest BCUT2D eigenvalue weighted by atomic mass is 15.0. The van der Waals surface area contributed by atoms with E-state index in [9.17, 15) is 9.60 Å². The first-order valence-electron chi connectivity index (χ1n) is 22.7. The maximum Gasteiger partial charge on any atom is 0.0652 e. The average Bonchev–Trinajstić information content (AvgIpc) is 3.81. The van der Waals surface area contributed by atoms with Crippen LogP contribution >= 0.6 is 0 Å². The van der Waals surface area contributed by atoms with Crippen molar-refractivity contribution in [3.63, 3.8) is 0 Å². The Bertz CT molecular complexity index is 3460. The molecular weight excluding hydrogens is 532 g/mol. The Morgan fingerprint density at radius 2 is 0.955 bits per heavy atom. The van der Waals surface area contributed by atoms with Gasteiger partial charge in [0.2, 0.25) is 0 Å². The summed E-state index contributed by atoms with van der Waals surface area (Å²) in [6.07, 6.45) is 0. The van der Waals surface area contributed by atoms with Gasteiger partial charge in [0.1, 0.15) is 0 Å². The van der Waals surface area contributed by atoms with Gasteiger partial charge < -0.3 is 9.13 Å². The molecule has 206 valence electrons. The number of hydrogen-bond donors (Lipinski definition) is 0. The summed E-state index contributed by atoms with van der Waals surface area (Å²) >= 11 is 0. The summed E-state index contributed by atoms with van der Waals surface area (Å²) in [5, 5.41) is -0.773. The van der Waals surface area contributed by atoms with Crippen molar-refractivity contribution in [1.82, 2.24) is 9.13 Å². The third kappa shape index (κ3) is 3.68. The molecule has 0 bridgehead atoms. The Morgan fingerprint density at radius 1 is 0.386 bits per heavy atom. The Labute approximate surface area is 281 Å². The molecule has 2 nitrogen and oxygen atoms in total. The molecule has 0 aliphatic heterocycles. The highest BCUT2D eigenvalue weighted by Crippen LogP contribution is 2.42. The highest BCUT2D eigenvalue weighted by Gasteiger charge is 2.19. The lowest BCUT2D eigenvalue weighted by Crippen LogP contribution is -1.95. The topological polar surface area (TPSA) is 9.86 Å². The Kier molecular flexibility index (Phi) is 2.87. The van der Waals surface area contributed by atoms with Gasteiger partial charge in [0.25, 0.3) is 0 Å². The second-order valence-electron chi connectivity index (χ2n) is 9.99. The van der Waals surface area contributed by atoms with Crippen LogP contribution < -0.4 is 0 Å². The van der Waals surface area contributed by atoms with Gasteiger partial charge in [-0.25, -0.2) is 0 Å². The summed E-state index contributed by atoms with van der Waals surface area (Å²) in [7, 11) is 0. The maximum absolute atomic E-state index is 10.1. The van der Waals surface area contributed by atoms with Crippen molar-refractivity contribution < 1.29 is 24.7 Å². The van der Waals surface area contributed by atoms with Crippen molar-refractivity contribution in [2.45, 2.75) is 0 Å². The first-order valence-corrected chi connectivity index (χ1v) is 13.7. The summed E-state index contributed by atoms with van der Waals surface area (Å²) in [5.74, 6) is 0. The minimum absolute atomic E-state index is 0.0328. The van der Waals surface area contributed by atoms with Gasteiger partial charge in [-0.2, -0.15) is 0 Å². The van der Waals surface area contributed by atoms with Crippen LogP contribution in [0.25, 0.3) is 77.2 Å². The average molecular weight is 579 g/mol. The normalized spacial score (nSPS) is 17.4. The molecule has 0 unspecified atom stereocenters. The molecule has 0 saturated carbocycles. The molecule has 0 fully saturated rings. The largest absolute Gasteiger partial charge is 0.309 e.